The van der Waals surface area contributed by atoms with Gasteiger partial charge in [0.2, 0.25) is 0 Å². The van der Waals surface area contributed by atoms with Gasteiger partial charge in [-0.1, -0.05) is 12.1 Å². The highest BCUT2D eigenvalue weighted by atomic mass is 16.5. The van der Waals surface area contributed by atoms with Crippen LogP contribution in [-0.4, -0.2) is 33.3 Å². The summed E-state index contributed by atoms with van der Waals surface area (Å²) in [6.45, 7) is 0. The molecule has 0 radical (unpaired) electrons. The second-order valence-corrected chi connectivity index (χ2v) is 5.94. The lowest BCUT2D eigenvalue weighted by Crippen LogP contribution is -2.36. The Balaban J connectivity index is 2.22. The third-order valence-electron chi connectivity index (χ3n) is 4.37. The number of para-hydroxylation sites is 2. The van der Waals surface area contributed by atoms with Crippen molar-refractivity contribution in [3.63, 3.8) is 0 Å². The highest BCUT2D eigenvalue weighted by Gasteiger charge is 2.21. The highest BCUT2D eigenvalue weighted by Crippen LogP contribution is 2.30. The number of hydrogen-bond acceptors (Lipinski definition) is 6. The van der Waals surface area contributed by atoms with Gasteiger partial charge in [-0.2, -0.15) is 4.98 Å². The third kappa shape index (κ3) is 2.62. The van der Waals surface area contributed by atoms with Crippen LogP contribution < -0.4 is 20.7 Å². The summed E-state index contributed by atoms with van der Waals surface area (Å²) < 4.78 is 13.4. The van der Waals surface area contributed by atoms with E-state index in [1.165, 1.54) is 7.05 Å². The number of rotatable bonds is 3. The Hall–Kier alpha value is -3.68. The maximum Gasteiger partial charge on any atom is 0.352 e. The molecule has 8 heteroatoms. The Morgan fingerprint density at radius 3 is 2.26 bits per heavy atom. The Kier molecular flexibility index (Phi) is 3.88. The molecule has 0 N–H and O–H groups in total. The summed E-state index contributed by atoms with van der Waals surface area (Å²) in [6, 6.07) is 12.6. The van der Waals surface area contributed by atoms with Gasteiger partial charge in [0.05, 0.1) is 30.9 Å². The largest absolute Gasteiger partial charge is 0.497 e. The van der Waals surface area contributed by atoms with Crippen molar-refractivity contribution in [2.75, 3.05) is 14.2 Å². The smallest absolute Gasteiger partial charge is 0.352 e. The number of ether oxygens (including phenoxy) is 2. The topological polar surface area (TPSA) is 88.2 Å². The molecular weight excluding hydrogens is 348 g/mol. The minimum absolute atomic E-state index is 0.109. The van der Waals surface area contributed by atoms with Crippen LogP contribution in [0.25, 0.3) is 28.2 Å². The summed E-state index contributed by atoms with van der Waals surface area (Å²) in [6.07, 6.45) is 0. The van der Waals surface area contributed by atoms with E-state index < -0.39 is 11.2 Å². The van der Waals surface area contributed by atoms with Crippen molar-refractivity contribution >= 4 is 11.0 Å². The summed E-state index contributed by atoms with van der Waals surface area (Å²) >= 11 is 0. The van der Waals surface area contributed by atoms with Gasteiger partial charge in [0.1, 0.15) is 11.5 Å². The molecule has 0 aromatic heterocycles. The van der Waals surface area contributed by atoms with E-state index in [0.717, 1.165) is 4.57 Å². The maximum absolute atomic E-state index is 12.6. The van der Waals surface area contributed by atoms with Crippen LogP contribution in [0.3, 0.4) is 0 Å². The first-order chi connectivity index (χ1) is 13.0. The fraction of sp³-hybridized carbons (Fsp3) is 0.158. The van der Waals surface area contributed by atoms with Gasteiger partial charge in [-0.25, -0.2) is 9.78 Å². The molecule has 2 heterocycles. The number of benzene rings is 2. The lowest BCUT2D eigenvalue weighted by molar-refractivity contribution is 0.394. The maximum atomic E-state index is 12.6. The number of nitrogens with zero attached hydrogens (tertiary/aromatic N) is 4. The van der Waals surface area contributed by atoms with Crippen molar-refractivity contribution in [1.29, 1.82) is 0 Å². The van der Waals surface area contributed by atoms with Crippen molar-refractivity contribution in [2.24, 2.45) is 7.05 Å². The SMILES string of the molecule is COc1cc(OC)cc(-n2c3nc(=O)n(C)c(=O)c-3nc3ccccc32)c1. The standard InChI is InChI=1S/C19H16N4O4/c1-22-18(24)16-17(21-19(22)25)23(15-7-5-4-6-14(15)20-16)11-8-12(26-2)10-13(9-11)27-3/h4-10H,1-3H3. The second kappa shape index (κ2) is 6.24. The minimum atomic E-state index is -0.645. The molecule has 0 fully saturated rings. The fourth-order valence-corrected chi connectivity index (χ4v) is 2.98. The first-order valence-electron chi connectivity index (χ1n) is 8.15. The Morgan fingerprint density at radius 2 is 1.59 bits per heavy atom. The Bertz CT molecular complexity index is 1240. The molecule has 0 saturated heterocycles. The van der Waals surface area contributed by atoms with Crippen LogP contribution in [0.15, 0.2) is 52.1 Å². The average Bonchev–Trinajstić information content (AvgIpc) is 2.70. The van der Waals surface area contributed by atoms with Crippen LogP contribution >= 0.6 is 0 Å². The summed E-state index contributed by atoms with van der Waals surface area (Å²) in [5, 5.41) is 0. The first-order valence-corrected chi connectivity index (χ1v) is 8.15. The highest BCUT2D eigenvalue weighted by molar-refractivity contribution is 5.82. The van der Waals surface area contributed by atoms with Crippen LogP contribution in [0.5, 0.6) is 11.5 Å². The number of methoxy groups -OCH3 is 2. The summed E-state index contributed by atoms with van der Waals surface area (Å²) in [7, 11) is 4.48. The van der Waals surface area contributed by atoms with E-state index >= 15 is 0 Å². The van der Waals surface area contributed by atoms with Crippen LogP contribution in [0.2, 0.25) is 0 Å². The lowest BCUT2D eigenvalue weighted by atomic mass is 10.2. The molecule has 27 heavy (non-hydrogen) atoms. The van der Waals surface area contributed by atoms with Gasteiger partial charge in [-0.3, -0.25) is 13.9 Å². The summed E-state index contributed by atoms with van der Waals surface area (Å²) in [5.74, 6) is 1.31. The molecule has 0 unspecified atom stereocenters. The van der Waals surface area contributed by atoms with Gasteiger partial charge in [0, 0.05) is 25.2 Å². The van der Waals surface area contributed by atoms with Crippen molar-refractivity contribution in [3.05, 3.63) is 63.3 Å². The monoisotopic (exact) mass is 364 g/mol. The third-order valence-corrected chi connectivity index (χ3v) is 4.37. The minimum Gasteiger partial charge on any atom is -0.497 e. The second-order valence-electron chi connectivity index (χ2n) is 5.94. The molecular formula is C19H16N4O4. The molecule has 0 aliphatic carbocycles. The predicted molar refractivity (Wildman–Crippen MR) is 100 cm³/mol. The molecule has 8 nitrogen and oxygen atoms in total. The van der Waals surface area contributed by atoms with Crippen molar-refractivity contribution in [1.82, 2.24) is 19.1 Å². The van der Waals surface area contributed by atoms with Gasteiger partial charge >= 0.3 is 5.69 Å². The van der Waals surface area contributed by atoms with E-state index in [4.69, 9.17) is 9.47 Å². The molecule has 136 valence electrons. The fourth-order valence-electron chi connectivity index (χ4n) is 2.98. The Morgan fingerprint density at radius 1 is 0.926 bits per heavy atom. The molecule has 2 aliphatic rings. The average molecular weight is 364 g/mol. The van der Waals surface area contributed by atoms with Crippen LogP contribution in [0.1, 0.15) is 0 Å². The lowest BCUT2D eigenvalue weighted by Gasteiger charge is -2.18. The predicted octanol–water partition coefficient (Wildman–Crippen LogP) is 1.60. The van der Waals surface area contributed by atoms with E-state index in [-0.39, 0.29) is 11.5 Å². The van der Waals surface area contributed by atoms with E-state index in [1.807, 2.05) is 18.2 Å². The molecule has 4 rings (SSSR count). The van der Waals surface area contributed by atoms with Gasteiger partial charge in [0.25, 0.3) is 5.56 Å². The van der Waals surface area contributed by atoms with Crippen molar-refractivity contribution in [3.8, 4) is 28.7 Å². The van der Waals surface area contributed by atoms with E-state index in [2.05, 4.69) is 9.97 Å². The molecule has 2 aromatic rings. The molecule has 2 aliphatic heterocycles. The Labute approximate surface area is 153 Å². The molecule has 0 saturated carbocycles. The van der Waals surface area contributed by atoms with Gasteiger partial charge in [-0.05, 0) is 12.1 Å². The molecule has 0 atom stereocenters. The van der Waals surface area contributed by atoms with Crippen LogP contribution in [0, 0.1) is 0 Å². The number of fused-ring (bicyclic) bond motifs is 2. The molecule has 2 aromatic carbocycles. The molecule has 0 spiro atoms. The quantitative estimate of drug-likeness (QED) is 0.513. The van der Waals surface area contributed by atoms with Crippen molar-refractivity contribution < 1.29 is 9.47 Å². The van der Waals surface area contributed by atoms with E-state index in [0.29, 0.717) is 28.2 Å². The van der Waals surface area contributed by atoms with E-state index in [9.17, 15) is 9.59 Å². The zero-order valence-corrected chi connectivity index (χ0v) is 15.0. The molecule has 0 amide bonds. The number of hydrogen-bond donors (Lipinski definition) is 0. The van der Waals surface area contributed by atoms with Crippen LogP contribution in [-0.2, 0) is 7.05 Å². The zero-order chi connectivity index (χ0) is 19.1. The number of aromatic nitrogens is 4. The summed E-state index contributed by atoms with van der Waals surface area (Å²) in [4.78, 5) is 33.3. The van der Waals surface area contributed by atoms with E-state index in [1.54, 1.807) is 43.1 Å². The van der Waals surface area contributed by atoms with Gasteiger partial charge in [0.15, 0.2) is 11.5 Å². The molecule has 0 bridgehead atoms. The van der Waals surface area contributed by atoms with Crippen LogP contribution in [0.4, 0.5) is 0 Å². The normalized spacial score (nSPS) is 11.1. The zero-order valence-electron chi connectivity index (χ0n) is 15.0. The summed E-state index contributed by atoms with van der Waals surface area (Å²) in [5.41, 5.74) is 0.893. The van der Waals surface area contributed by atoms with Crippen molar-refractivity contribution in [2.45, 2.75) is 0 Å². The first kappa shape index (κ1) is 16.8. The van der Waals surface area contributed by atoms with Gasteiger partial charge in [-0.15, -0.1) is 0 Å². The van der Waals surface area contributed by atoms with Gasteiger partial charge < -0.3 is 9.47 Å².